The highest BCUT2D eigenvalue weighted by molar-refractivity contribution is 6.74. The largest absolute Gasteiger partial charge is 0.543 e. The Morgan fingerprint density at radius 2 is 1.96 bits per heavy atom. The van der Waals surface area contributed by atoms with Crippen LogP contribution < -0.4 is 15.2 Å². The third kappa shape index (κ3) is 3.47. The van der Waals surface area contributed by atoms with Crippen LogP contribution in [0.1, 0.15) is 39.2 Å². The lowest BCUT2D eigenvalue weighted by molar-refractivity contribution is -0.0918. The average Bonchev–Trinajstić information content (AvgIpc) is 2.76. The van der Waals surface area contributed by atoms with Gasteiger partial charge in [-0.2, -0.15) is 0 Å². The number of benzene rings is 1. The van der Waals surface area contributed by atoms with E-state index in [-0.39, 0.29) is 5.04 Å². The van der Waals surface area contributed by atoms with E-state index in [0.29, 0.717) is 19.6 Å². The maximum atomic E-state index is 10.1. The van der Waals surface area contributed by atoms with Gasteiger partial charge >= 0.3 is 0 Å². The van der Waals surface area contributed by atoms with Gasteiger partial charge in [0.25, 0.3) is 0 Å². The summed E-state index contributed by atoms with van der Waals surface area (Å²) in [6.45, 7) is 12.3. The fraction of sp³-hybridized carbons (Fsp3) is 0.478. The predicted molar refractivity (Wildman–Crippen MR) is 115 cm³/mol. The topological polar surface area (TPSA) is 47.9 Å². The zero-order valence-corrected chi connectivity index (χ0v) is 18.5. The fourth-order valence-electron chi connectivity index (χ4n) is 3.62. The maximum absolute atomic E-state index is 10.1. The maximum Gasteiger partial charge on any atom is 0.250 e. The summed E-state index contributed by atoms with van der Waals surface area (Å²) in [5.74, 6) is 1.78. The summed E-state index contributed by atoms with van der Waals surface area (Å²) < 4.78 is 18.3. The number of aliphatic hydroxyl groups is 1. The molecule has 2 heterocycles. The lowest BCUT2D eigenvalue weighted by Crippen LogP contribution is -2.40. The molecule has 0 saturated carbocycles. The molecule has 5 heteroatoms. The van der Waals surface area contributed by atoms with Crippen molar-refractivity contribution in [3.63, 3.8) is 0 Å². The molecule has 1 atom stereocenters. The molecule has 1 aromatic carbocycles. The predicted octanol–water partition coefficient (Wildman–Crippen LogP) is 3.44. The van der Waals surface area contributed by atoms with Gasteiger partial charge in [0.2, 0.25) is 8.32 Å². The van der Waals surface area contributed by atoms with Gasteiger partial charge < -0.3 is 19.0 Å². The van der Waals surface area contributed by atoms with Crippen LogP contribution in [0.15, 0.2) is 29.5 Å². The van der Waals surface area contributed by atoms with E-state index in [1.165, 1.54) is 0 Å². The van der Waals surface area contributed by atoms with E-state index in [4.69, 9.17) is 13.9 Å². The SMILES string of the molecule is CC(C)(C)[Si](C)(C)OC1=Cc2c3c(ccc2=C2COC(O)CC2=C1)=CCCO3. The van der Waals surface area contributed by atoms with E-state index in [1.54, 1.807) is 0 Å². The second-order valence-corrected chi connectivity index (χ2v) is 14.0. The molecule has 1 saturated heterocycles. The Bertz CT molecular complexity index is 979. The number of hydrogen-bond acceptors (Lipinski definition) is 4. The van der Waals surface area contributed by atoms with Crippen LogP contribution in [0.3, 0.4) is 0 Å². The Balaban J connectivity index is 1.91. The van der Waals surface area contributed by atoms with Crippen molar-refractivity contribution in [2.75, 3.05) is 13.2 Å². The molecule has 3 aliphatic rings. The minimum atomic E-state index is -2.01. The van der Waals surface area contributed by atoms with Gasteiger partial charge in [-0.15, -0.1) is 0 Å². The van der Waals surface area contributed by atoms with E-state index in [0.717, 1.165) is 45.1 Å². The van der Waals surface area contributed by atoms with Crippen LogP contribution in [0.2, 0.25) is 18.1 Å². The highest BCUT2D eigenvalue weighted by Crippen LogP contribution is 2.39. The first-order valence-corrected chi connectivity index (χ1v) is 13.0. The monoisotopic (exact) mass is 398 g/mol. The van der Waals surface area contributed by atoms with Crippen LogP contribution >= 0.6 is 0 Å². The zero-order valence-electron chi connectivity index (χ0n) is 17.5. The Morgan fingerprint density at radius 3 is 2.71 bits per heavy atom. The minimum absolute atomic E-state index is 0.101. The number of allylic oxidation sites excluding steroid dienone is 1. The molecule has 28 heavy (non-hydrogen) atoms. The number of aliphatic hydroxyl groups excluding tert-OH is 1. The first kappa shape index (κ1) is 19.5. The lowest BCUT2D eigenvalue weighted by atomic mass is 9.96. The molecule has 150 valence electrons. The number of hydrogen-bond donors (Lipinski definition) is 1. The van der Waals surface area contributed by atoms with E-state index in [1.807, 2.05) is 0 Å². The highest BCUT2D eigenvalue weighted by atomic mass is 28.4. The summed E-state index contributed by atoms with van der Waals surface area (Å²) >= 11 is 0. The fourth-order valence-corrected chi connectivity index (χ4v) is 4.63. The van der Waals surface area contributed by atoms with Crippen LogP contribution in [0.4, 0.5) is 0 Å². The lowest BCUT2D eigenvalue weighted by Gasteiger charge is -2.37. The van der Waals surface area contributed by atoms with Crippen LogP contribution in [0.5, 0.6) is 5.75 Å². The highest BCUT2D eigenvalue weighted by Gasteiger charge is 2.39. The molecule has 2 aliphatic heterocycles. The van der Waals surface area contributed by atoms with Crippen molar-refractivity contribution >= 4 is 26.0 Å². The quantitative estimate of drug-likeness (QED) is 0.776. The van der Waals surface area contributed by atoms with Gasteiger partial charge in [-0.3, -0.25) is 0 Å². The van der Waals surface area contributed by atoms with Gasteiger partial charge in [-0.05, 0) is 46.6 Å². The van der Waals surface area contributed by atoms with E-state index in [9.17, 15) is 5.11 Å². The first-order chi connectivity index (χ1) is 13.2. The molecule has 1 aliphatic carbocycles. The van der Waals surface area contributed by atoms with Crippen LogP contribution in [-0.4, -0.2) is 32.9 Å². The standard InChI is InChI=1S/C23H30O4Si/c1-23(2,3)28(4,5)27-17-11-16-12-21(24)26-14-20(16)18-9-8-15-7-6-10-25-22(15)19(18)13-17/h7-9,11,13,21,24H,6,10,12,14H2,1-5H3. The van der Waals surface area contributed by atoms with Gasteiger partial charge in [-0.1, -0.05) is 39.0 Å². The Hall–Kier alpha value is -1.82. The van der Waals surface area contributed by atoms with Crippen molar-refractivity contribution in [1.29, 1.82) is 0 Å². The number of rotatable bonds is 2. The summed E-state index contributed by atoms with van der Waals surface area (Å²) in [4.78, 5) is 0. The Morgan fingerprint density at radius 1 is 1.18 bits per heavy atom. The van der Waals surface area contributed by atoms with Gasteiger partial charge in [0.1, 0.15) is 11.5 Å². The van der Waals surface area contributed by atoms with E-state index < -0.39 is 14.6 Å². The second-order valence-electron chi connectivity index (χ2n) is 9.31. The van der Waals surface area contributed by atoms with Gasteiger partial charge in [0, 0.05) is 23.6 Å². The van der Waals surface area contributed by atoms with Crippen molar-refractivity contribution < 1.29 is 19.0 Å². The molecule has 0 amide bonds. The van der Waals surface area contributed by atoms with Gasteiger partial charge in [0.15, 0.2) is 6.29 Å². The molecule has 0 aromatic heterocycles. The zero-order chi connectivity index (χ0) is 20.1. The van der Waals surface area contributed by atoms with Crippen LogP contribution in [0.25, 0.3) is 17.7 Å². The molecule has 0 spiro atoms. The van der Waals surface area contributed by atoms with E-state index >= 15 is 0 Å². The molecular weight excluding hydrogens is 368 g/mol. The summed E-state index contributed by atoms with van der Waals surface area (Å²) in [5, 5.41) is 12.4. The first-order valence-electron chi connectivity index (χ1n) is 10.1. The molecule has 0 bridgehead atoms. The van der Waals surface area contributed by atoms with Gasteiger partial charge in [-0.25, -0.2) is 0 Å². The molecule has 4 nitrogen and oxygen atoms in total. The minimum Gasteiger partial charge on any atom is -0.543 e. The Labute approximate surface area is 167 Å². The number of fused-ring (bicyclic) bond motifs is 4. The summed E-state index contributed by atoms with van der Waals surface area (Å²) in [7, 11) is -2.01. The average molecular weight is 399 g/mol. The summed E-state index contributed by atoms with van der Waals surface area (Å²) in [6, 6.07) is 4.27. The van der Waals surface area contributed by atoms with Crippen molar-refractivity contribution in [2.45, 2.75) is 58.0 Å². The normalized spacial score (nSPS) is 21.8. The molecule has 1 unspecified atom stereocenters. The molecule has 0 radical (unpaired) electrons. The van der Waals surface area contributed by atoms with Crippen LogP contribution in [-0.2, 0) is 9.16 Å². The summed E-state index contributed by atoms with van der Waals surface area (Å²) in [5.41, 5.74) is 3.26. The van der Waals surface area contributed by atoms with Crippen molar-refractivity contribution in [3.05, 3.63) is 45.5 Å². The van der Waals surface area contributed by atoms with Crippen LogP contribution in [0, 0.1) is 0 Å². The smallest absolute Gasteiger partial charge is 0.250 e. The molecule has 1 N–H and O–H groups in total. The Kier molecular flexibility index (Phi) is 4.80. The summed E-state index contributed by atoms with van der Waals surface area (Å²) in [6.07, 6.45) is 7.08. The van der Waals surface area contributed by atoms with Crippen molar-refractivity contribution in [2.24, 2.45) is 0 Å². The molecule has 1 fully saturated rings. The van der Waals surface area contributed by atoms with Crippen molar-refractivity contribution in [3.8, 4) is 5.75 Å². The molecular formula is C23H30O4Si. The molecule has 4 rings (SSSR count). The second kappa shape index (κ2) is 6.90. The van der Waals surface area contributed by atoms with Gasteiger partial charge in [0.05, 0.1) is 13.2 Å². The third-order valence-corrected chi connectivity index (χ3v) is 10.6. The third-order valence-electron chi connectivity index (χ3n) is 6.26. The number of ether oxygens (including phenoxy) is 2. The molecule has 1 aromatic rings. The van der Waals surface area contributed by atoms with Crippen molar-refractivity contribution in [1.82, 2.24) is 0 Å². The van der Waals surface area contributed by atoms with E-state index in [2.05, 4.69) is 64.2 Å².